The number of ether oxygens (including phenoxy) is 8. The molecule has 0 radical (unpaired) electrons. The summed E-state index contributed by atoms with van der Waals surface area (Å²) in [6, 6.07) is 90.1. The van der Waals surface area contributed by atoms with Crippen molar-refractivity contribution >= 4 is 65.4 Å². The Morgan fingerprint density at radius 1 is 0.167 bits per heavy atom. The van der Waals surface area contributed by atoms with E-state index in [2.05, 4.69) is 158 Å². The number of benzene rings is 13. The molecule has 13 aromatic carbocycles. The standard InChI is InChI=1S/C82H66O8/c1-83-59-33-17-51(18-34-59)75(52-19-35-60(84-2)36-20-52)79-67-13-9-10-14-68(67)80(76(53-21-37-61(85-3)38-22-53)54-23-39-62(86-4)40-24-54)72-50-74-73(49-71(72)79)81(77(55-25-41-63(87-5)42-26-55)56-27-43-64(88-6)44-28-56)69-15-11-12-16-70(69)82(74)78(57-29-45-65(89-7)46-30-57)58-31-47-66(90-8)48-32-58/h9-50H,1-8H3. The molecule has 0 heterocycles. The van der Waals surface area contributed by atoms with Crippen molar-refractivity contribution in [1.29, 1.82) is 0 Å². The van der Waals surface area contributed by atoms with Crippen LogP contribution in [0.25, 0.3) is 65.4 Å². The molecule has 90 heavy (non-hydrogen) atoms. The van der Waals surface area contributed by atoms with Gasteiger partial charge in [-0.2, -0.15) is 0 Å². The molecule has 442 valence electrons. The highest BCUT2D eigenvalue weighted by atomic mass is 16.5. The van der Waals surface area contributed by atoms with E-state index >= 15 is 0 Å². The van der Waals surface area contributed by atoms with Crippen molar-refractivity contribution < 1.29 is 37.9 Å². The summed E-state index contributed by atoms with van der Waals surface area (Å²) in [5.41, 5.74) is 12.2. The van der Waals surface area contributed by atoms with Crippen molar-refractivity contribution in [3.8, 4) is 46.0 Å². The lowest BCUT2D eigenvalue weighted by Crippen LogP contribution is -2.24. The highest BCUT2D eigenvalue weighted by molar-refractivity contribution is 6.15. The molecule has 0 bridgehead atoms. The first-order valence-corrected chi connectivity index (χ1v) is 29.8. The summed E-state index contributed by atoms with van der Waals surface area (Å²) in [7, 11) is 13.7. The highest BCUT2D eigenvalue weighted by Crippen LogP contribution is 2.36. The van der Waals surface area contributed by atoms with E-state index in [4.69, 9.17) is 37.9 Å². The minimum Gasteiger partial charge on any atom is -0.497 e. The third kappa shape index (κ3) is 10.7. The average molecular weight is 1180 g/mol. The Morgan fingerprint density at radius 2 is 0.300 bits per heavy atom. The summed E-state index contributed by atoms with van der Waals surface area (Å²) < 4.78 is 46.8. The summed E-state index contributed by atoms with van der Waals surface area (Å²) in [5.74, 6) is 6.05. The smallest absolute Gasteiger partial charge is 0.118 e. The van der Waals surface area contributed by atoms with Gasteiger partial charge in [-0.05, 0) is 240 Å². The lowest BCUT2D eigenvalue weighted by atomic mass is 9.82. The van der Waals surface area contributed by atoms with Crippen LogP contribution in [0.3, 0.4) is 0 Å². The summed E-state index contributed by atoms with van der Waals surface area (Å²) in [4.78, 5) is 0. The van der Waals surface area contributed by atoms with Crippen molar-refractivity contribution in [2.24, 2.45) is 0 Å². The number of hydrogen-bond acceptors (Lipinski definition) is 8. The van der Waals surface area contributed by atoms with E-state index in [1.165, 1.54) is 0 Å². The Morgan fingerprint density at radius 3 is 0.422 bits per heavy atom. The van der Waals surface area contributed by atoms with Gasteiger partial charge in [0.25, 0.3) is 0 Å². The van der Waals surface area contributed by atoms with E-state index in [0.717, 1.165) is 177 Å². The lowest BCUT2D eigenvalue weighted by Gasteiger charge is -2.21. The average Bonchev–Trinajstić information content (AvgIpc) is 0.735. The predicted octanol–water partition coefficient (Wildman–Crippen LogP) is 15.4. The molecule has 0 spiro atoms. The molecular formula is C82H66O8. The molecule has 0 amide bonds. The Bertz CT molecular complexity index is 4220. The topological polar surface area (TPSA) is 73.8 Å². The number of hydrogen-bond donors (Lipinski definition) is 0. The second-order valence-corrected chi connectivity index (χ2v) is 21.9. The molecular weight excluding hydrogens is 1110 g/mol. The molecule has 0 aliphatic heterocycles. The molecule has 13 rings (SSSR count). The largest absolute Gasteiger partial charge is 0.497 e. The molecule has 0 saturated carbocycles. The molecule has 8 nitrogen and oxygen atoms in total. The van der Waals surface area contributed by atoms with Gasteiger partial charge < -0.3 is 37.9 Å². The molecule has 0 fully saturated rings. The zero-order valence-corrected chi connectivity index (χ0v) is 51.5. The van der Waals surface area contributed by atoms with Crippen LogP contribution < -0.4 is 58.8 Å². The van der Waals surface area contributed by atoms with Crippen LogP contribution >= 0.6 is 0 Å². The first-order valence-electron chi connectivity index (χ1n) is 29.8. The molecule has 8 heteroatoms. The normalized spacial score (nSPS) is 11.1. The van der Waals surface area contributed by atoms with Crippen molar-refractivity contribution in [3.05, 3.63) is 320 Å². The monoisotopic (exact) mass is 1180 g/mol. The van der Waals surface area contributed by atoms with E-state index in [0.29, 0.717) is 0 Å². The van der Waals surface area contributed by atoms with Gasteiger partial charge >= 0.3 is 0 Å². The highest BCUT2D eigenvalue weighted by Gasteiger charge is 2.23. The van der Waals surface area contributed by atoms with Crippen LogP contribution in [0.15, 0.2) is 255 Å². The second-order valence-electron chi connectivity index (χ2n) is 21.9. The van der Waals surface area contributed by atoms with Crippen LogP contribution in [0.2, 0.25) is 0 Å². The molecule has 0 aliphatic rings. The first kappa shape index (κ1) is 57.8. The van der Waals surface area contributed by atoms with Crippen LogP contribution in [0.4, 0.5) is 0 Å². The minimum atomic E-state index is 0.757. The number of rotatable bonds is 16. The van der Waals surface area contributed by atoms with Gasteiger partial charge in [0, 0.05) is 0 Å². The summed E-state index contributed by atoms with van der Waals surface area (Å²) in [6.45, 7) is 0. The summed E-state index contributed by atoms with van der Waals surface area (Å²) >= 11 is 0. The predicted molar refractivity (Wildman–Crippen MR) is 365 cm³/mol. The van der Waals surface area contributed by atoms with Gasteiger partial charge in [-0.25, -0.2) is 0 Å². The minimum absolute atomic E-state index is 0.757. The summed E-state index contributed by atoms with van der Waals surface area (Å²) in [6.07, 6.45) is 0. The molecule has 0 atom stereocenters. The number of methoxy groups -OCH3 is 8. The fourth-order valence-corrected chi connectivity index (χ4v) is 12.8. The van der Waals surface area contributed by atoms with Gasteiger partial charge in [-0.3, -0.25) is 0 Å². The SMILES string of the molecule is COc1ccc(C(c2ccc(OC)cc2)=c2c3ccccc3c(=C(c3ccc(OC)cc3)c3ccc(OC)cc3)c3cc4c(=C(c5ccc(OC)cc5)c5ccc(OC)cc5)c5ccccc5c(=C(c5ccc(OC)cc5)c5ccc(OC)cc5)c4cc23)cc1. The Balaban J connectivity index is 1.43. The maximum atomic E-state index is 5.85. The van der Waals surface area contributed by atoms with Gasteiger partial charge in [0.2, 0.25) is 0 Å². The molecule has 0 N–H and O–H groups in total. The fraction of sp³-hybridized carbons (Fsp3) is 0.0976. The molecule has 0 saturated heterocycles. The second kappa shape index (κ2) is 25.2. The molecule has 13 aromatic rings. The summed E-state index contributed by atoms with van der Waals surface area (Å²) in [5, 5.41) is 12.5. The molecule has 0 unspecified atom stereocenters. The van der Waals surface area contributed by atoms with E-state index in [1.807, 2.05) is 97.1 Å². The van der Waals surface area contributed by atoms with Crippen molar-refractivity contribution in [2.45, 2.75) is 0 Å². The Hall–Kier alpha value is -11.2. The van der Waals surface area contributed by atoms with Crippen molar-refractivity contribution in [2.75, 3.05) is 56.9 Å². The van der Waals surface area contributed by atoms with Crippen LogP contribution in [0.5, 0.6) is 46.0 Å². The third-order valence-electron chi connectivity index (χ3n) is 17.2. The van der Waals surface area contributed by atoms with E-state index < -0.39 is 0 Å². The molecule has 0 aromatic heterocycles. The number of fused-ring (bicyclic) bond motifs is 4. The lowest BCUT2D eigenvalue weighted by molar-refractivity contribution is 0.414. The Kier molecular flexibility index (Phi) is 16.2. The fourth-order valence-electron chi connectivity index (χ4n) is 12.8. The van der Waals surface area contributed by atoms with Gasteiger partial charge in [-0.15, -0.1) is 0 Å². The first-order chi connectivity index (χ1) is 44.3. The maximum Gasteiger partial charge on any atom is 0.118 e. The van der Waals surface area contributed by atoms with Crippen LogP contribution in [0, 0.1) is 0 Å². The third-order valence-corrected chi connectivity index (χ3v) is 17.2. The van der Waals surface area contributed by atoms with Gasteiger partial charge in [0.1, 0.15) is 46.0 Å². The quantitative estimate of drug-likeness (QED) is 0.0886. The van der Waals surface area contributed by atoms with E-state index in [9.17, 15) is 0 Å². The van der Waals surface area contributed by atoms with E-state index in [-0.39, 0.29) is 0 Å². The van der Waals surface area contributed by atoms with Crippen molar-refractivity contribution in [3.63, 3.8) is 0 Å². The van der Waals surface area contributed by atoms with Crippen LogP contribution in [0.1, 0.15) is 44.5 Å². The zero-order valence-electron chi connectivity index (χ0n) is 51.5. The Labute approximate surface area is 523 Å². The van der Waals surface area contributed by atoms with Gasteiger partial charge in [-0.1, -0.05) is 146 Å². The maximum absolute atomic E-state index is 5.85. The van der Waals surface area contributed by atoms with Gasteiger partial charge in [0.15, 0.2) is 0 Å². The van der Waals surface area contributed by atoms with Crippen LogP contribution in [-0.2, 0) is 0 Å². The molecule has 0 aliphatic carbocycles. The van der Waals surface area contributed by atoms with Crippen LogP contribution in [-0.4, -0.2) is 56.9 Å². The van der Waals surface area contributed by atoms with Gasteiger partial charge in [0.05, 0.1) is 56.9 Å². The zero-order chi connectivity index (χ0) is 61.8. The van der Waals surface area contributed by atoms with Crippen molar-refractivity contribution in [1.82, 2.24) is 0 Å². The van der Waals surface area contributed by atoms with E-state index in [1.54, 1.807) is 56.9 Å².